The molecule has 5 heteroatoms. The first-order valence-electron chi connectivity index (χ1n) is 4.78. The van der Waals surface area contributed by atoms with E-state index in [0.29, 0.717) is 19.2 Å². The summed E-state index contributed by atoms with van der Waals surface area (Å²) in [6.45, 7) is 4.01. The van der Waals surface area contributed by atoms with Crippen molar-refractivity contribution in [2.75, 3.05) is 26.2 Å². The van der Waals surface area contributed by atoms with Gasteiger partial charge in [0.1, 0.15) is 6.61 Å². The standard InChI is InChI=1S/C9H16N2O3/c1-8(13)14-5-3-10-9-2-4-11(6-9)7-12/h7,9-10H,2-6H2,1H3. The summed E-state index contributed by atoms with van der Waals surface area (Å²) >= 11 is 0. The summed E-state index contributed by atoms with van der Waals surface area (Å²) < 4.78 is 4.77. The Morgan fingerprint density at radius 1 is 1.71 bits per heavy atom. The number of rotatable bonds is 5. The second kappa shape index (κ2) is 5.59. The van der Waals surface area contributed by atoms with E-state index < -0.39 is 0 Å². The average molecular weight is 200 g/mol. The molecule has 5 nitrogen and oxygen atoms in total. The Morgan fingerprint density at radius 2 is 2.50 bits per heavy atom. The van der Waals surface area contributed by atoms with Gasteiger partial charge in [-0.1, -0.05) is 0 Å². The smallest absolute Gasteiger partial charge is 0.302 e. The fraction of sp³-hybridized carbons (Fsp3) is 0.778. The summed E-state index contributed by atoms with van der Waals surface area (Å²) in [6.07, 6.45) is 1.84. The van der Waals surface area contributed by atoms with Crippen molar-refractivity contribution in [1.82, 2.24) is 10.2 Å². The third-order valence-corrected chi connectivity index (χ3v) is 2.21. The van der Waals surface area contributed by atoms with E-state index in [0.717, 1.165) is 25.9 Å². The number of esters is 1. The Morgan fingerprint density at radius 3 is 3.07 bits per heavy atom. The maximum Gasteiger partial charge on any atom is 0.302 e. The van der Waals surface area contributed by atoms with Gasteiger partial charge in [0.15, 0.2) is 0 Å². The highest BCUT2D eigenvalue weighted by Gasteiger charge is 2.19. The lowest BCUT2D eigenvalue weighted by molar-refractivity contribution is -0.140. The predicted molar refractivity (Wildman–Crippen MR) is 50.7 cm³/mol. The number of carbonyl (C=O) groups is 2. The van der Waals surface area contributed by atoms with Gasteiger partial charge in [0.2, 0.25) is 6.41 Å². The van der Waals surface area contributed by atoms with Crippen LogP contribution in [-0.2, 0) is 14.3 Å². The summed E-state index contributed by atoms with van der Waals surface area (Å²) in [7, 11) is 0. The lowest BCUT2D eigenvalue weighted by atomic mass is 10.3. The van der Waals surface area contributed by atoms with Gasteiger partial charge in [-0.25, -0.2) is 0 Å². The molecule has 1 N–H and O–H groups in total. The number of nitrogens with one attached hydrogen (secondary N) is 1. The first-order chi connectivity index (χ1) is 6.72. The number of amides is 1. The molecule has 0 saturated carbocycles. The predicted octanol–water partition coefficient (Wildman–Crippen LogP) is -0.630. The molecule has 1 fully saturated rings. The average Bonchev–Trinajstić information content (AvgIpc) is 2.60. The van der Waals surface area contributed by atoms with Crippen molar-refractivity contribution in [3.63, 3.8) is 0 Å². The Kier molecular flexibility index (Phi) is 4.39. The second-order valence-electron chi connectivity index (χ2n) is 3.38. The number of nitrogens with zero attached hydrogens (tertiary/aromatic N) is 1. The molecule has 0 spiro atoms. The van der Waals surface area contributed by atoms with Gasteiger partial charge >= 0.3 is 5.97 Å². The van der Waals surface area contributed by atoms with Gasteiger partial charge in [-0.2, -0.15) is 0 Å². The van der Waals surface area contributed by atoms with Crippen LogP contribution in [0.5, 0.6) is 0 Å². The maximum absolute atomic E-state index is 10.4. The molecular weight excluding hydrogens is 184 g/mol. The van der Waals surface area contributed by atoms with Crippen LogP contribution in [0.1, 0.15) is 13.3 Å². The minimum absolute atomic E-state index is 0.257. The topological polar surface area (TPSA) is 58.6 Å². The molecule has 1 aliphatic heterocycles. The molecule has 0 aromatic heterocycles. The van der Waals surface area contributed by atoms with Crippen molar-refractivity contribution < 1.29 is 14.3 Å². The van der Waals surface area contributed by atoms with Crippen LogP contribution in [0.15, 0.2) is 0 Å². The van der Waals surface area contributed by atoms with Crippen LogP contribution in [0.4, 0.5) is 0 Å². The van der Waals surface area contributed by atoms with Crippen LogP contribution >= 0.6 is 0 Å². The molecule has 1 aliphatic rings. The van der Waals surface area contributed by atoms with Gasteiger partial charge in [0.25, 0.3) is 0 Å². The highest BCUT2D eigenvalue weighted by atomic mass is 16.5. The summed E-state index contributed by atoms with van der Waals surface area (Å²) in [4.78, 5) is 22.6. The molecule has 1 saturated heterocycles. The third kappa shape index (κ3) is 3.74. The summed E-state index contributed by atoms with van der Waals surface area (Å²) in [5.41, 5.74) is 0. The highest BCUT2D eigenvalue weighted by molar-refractivity contribution is 5.65. The first-order valence-corrected chi connectivity index (χ1v) is 4.78. The first kappa shape index (κ1) is 11.0. The van der Waals surface area contributed by atoms with Crippen molar-refractivity contribution in [3.05, 3.63) is 0 Å². The minimum Gasteiger partial charge on any atom is -0.465 e. The molecule has 1 rings (SSSR count). The SMILES string of the molecule is CC(=O)OCCNC1CCN(C=O)C1. The fourth-order valence-corrected chi connectivity index (χ4v) is 1.51. The Hall–Kier alpha value is -1.10. The lowest BCUT2D eigenvalue weighted by Gasteiger charge is -2.12. The molecule has 0 radical (unpaired) electrons. The van der Waals surface area contributed by atoms with Crippen LogP contribution in [-0.4, -0.2) is 49.6 Å². The van der Waals surface area contributed by atoms with Crippen molar-refractivity contribution in [2.45, 2.75) is 19.4 Å². The molecule has 1 heterocycles. The van der Waals surface area contributed by atoms with Crippen molar-refractivity contribution >= 4 is 12.4 Å². The molecule has 0 aromatic carbocycles. The van der Waals surface area contributed by atoms with Crippen LogP contribution in [0.25, 0.3) is 0 Å². The molecular formula is C9H16N2O3. The fourth-order valence-electron chi connectivity index (χ4n) is 1.51. The van der Waals surface area contributed by atoms with Crippen molar-refractivity contribution in [1.29, 1.82) is 0 Å². The highest BCUT2D eigenvalue weighted by Crippen LogP contribution is 2.05. The van der Waals surface area contributed by atoms with E-state index in [1.54, 1.807) is 4.90 Å². The summed E-state index contributed by atoms with van der Waals surface area (Å²) in [5.74, 6) is -0.257. The Labute approximate surface area is 83.4 Å². The van der Waals surface area contributed by atoms with E-state index in [-0.39, 0.29) is 5.97 Å². The van der Waals surface area contributed by atoms with Crippen LogP contribution in [0, 0.1) is 0 Å². The van der Waals surface area contributed by atoms with Gasteiger partial charge < -0.3 is 15.0 Å². The van der Waals surface area contributed by atoms with E-state index in [1.165, 1.54) is 6.92 Å². The molecule has 1 atom stereocenters. The quantitative estimate of drug-likeness (QED) is 0.365. The maximum atomic E-state index is 10.4. The molecule has 0 aliphatic carbocycles. The van der Waals surface area contributed by atoms with Crippen LogP contribution < -0.4 is 5.32 Å². The van der Waals surface area contributed by atoms with E-state index in [4.69, 9.17) is 4.74 Å². The molecule has 0 bridgehead atoms. The zero-order chi connectivity index (χ0) is 10.4. The Balaban J connectivity index is 2.03. The number of ether oxygens (including phenoxy) is 1. The van der Waals surface area contributed by atoms with E-state index in [9.17, 15) is 9.59 Å². The molecule has 14 heavy (non-hydrogen) atoms. The summed E-state index contributed by atoms with van der Waals surface area (Å²) in [6, 6.07) is 0.343. The van der Waals surface area contributed by atoms with Crippen LogP contribution in [0.2, 0.25) is 0 Å². The molecule has 0 aromatic rings. The number of likely N-dealkylation sites (tertiary alicyclic amines) is 1. The van der Waals surface area contributed by atoms with E-state index in [1.807, 2.05) is 0 Å². The Bertz CT molecular complexity index is 208. The zero-order valence-electron chi connectivity index (χ0n) is 8.36. The molecule has 80 valence electrons. The van der Waals surface area contributed by atoms with E-state index >= 15 is 0 Å². The van der Waals surface area contributed by atoms with Gasteiger partial charge in [0.05, 0.1) is 0 Å². The van der Waals surface area contributed by atoms with Crippen molar-refractivity contribution in [3.8, 4) is 0 Å². The monoisotopic (exact) mass is 200 g/mol. The summed E-state index contributed by atoms with van der Waals surface area (Å²) in [5, 5.41) is 3.22. The van der Waals surface area contributed by atoms with Gasteiger partial charge in [-0.05, 0) is 6.42 Å². The van der Waals surface area contributed by atoms with E-state index in [2.05, 4.69) is 5.32 Å². The number of carbonyl (C=O) groups excluding carboxylic acids is 2. The number of hydrogen-bond donors (Lipinski definition) is 1. The van der Waals surface area contributed by atoms with Gasteiger partial charge in [-0.3, -0.25) is 9.59 Å². The minimum atomic E-state index is -0.257. The molecule has 1 unspecified atom stereocenters. The van der Waals surface area contributed by atoms with Crippen molar-refractivity contribution in [2.24, 2.45) is 0 Å². The second-order valence-corrected chi connectivity index (χ2v) is 3.38. The largest absolute Gasteiger partial charge is 0.465 e. The zero-order valence-corrected chi connectivity index (χ0v) is 8.36. The van der Waals surface area contributed by atoms with Crippen LogP contribution in [0.3, 0.4) is 0 Å². The van der Waals surface area contributed by atoms with Gasteiger partial charge in [-0.15, -0.1) is 0 Å². The number of hydrogen-bond acceptors (Lipinski definition) is 4. The van der Waals surface area contributed by atoms with Gasteiger partial charge in [0, 0.05) is 32.6 Å². The lowest BCUT2D eigenvalue weighted by Crippen LogP contribution is -2.34. The third-order valence-electron chi connectivity index (χ3n) is 2.21. The molecule has 1 amide bonds. The normalized spacial score (nSPS) is 20.9.